The Balaban J connectivity index is 1.03. The molecule has 0 aliphatic carbocycles. The molecule has 0 N–H and O–H groups in total. The first-order valence-corrected chi connectivity index (χ1v) is 23.4. The first-order chi connectivity index (χ1) is 32.6. The highest BCUT2D eigenvalue weighted by Crippen LogP contribution is 2.38. The van der Waals surface area contributed by atoms with Gasteiger partial charge < -0.3 is 9.80 Å². The van der Waals surface area contributed by atoms with Crippen LogP contribution in [0.2, 0.25) is 0 Å². The standard InChI is InChI=1S/C64H56N2/c1-3-17-49-27-39-59(40-28-49)65(57-23-13-7-14-24-57)61-43-31-51(32-44-61)47-63(53-19-9-5-10-20-53)55-35-37-56(38-36-55)64(54-21-11-6-12-22-54)48-52-33-45-62(46-34-52)66(58-25-15-8-16-26-58)60-41-29-50(18-4-2)30-42-60/h5-16,19-48H,3-4,17-18H2,1-2H3. The van der Waals surface area contributed by atoms with Crippen LogP contribution in [-0.4, -0.2) is 0 Å². The Morgan fingerprint density at radius 2 is 0.545 bits per heavy atom. The zero-order valence-electron chi connectivity index (χ0n) is 38.0. The molecule has 0 spiro atoms. The van der Waals surface area contributed by atoms with Crippen molar-refractivity contribution >= 4 is 57.4 Å². The number of hydrogen-bond acceptors (Lipinski definition) is 2. The van der Waals surface area contributed by atoms with E-state index in [0.717, 1.165) is 82.1 Å². The van der Waals surface area contributed by atoms with E-state index in [1.54, 1.807) is 0 Å². The van der Waals surface area contributed by atoms with Crippen molar-refractivity contribution < 1.29 is 0 Å². The molecule has 0 aliphatic heterocycles. The molecule has 66 heavy (non-hydrogen) atoms. The summed E-state index contributed by atoms with van der Waals surface area (Å²) >= 11 is 0. The molecule has 0 radical (unpaired) electrons. The summed E-state index contributed by atoms with van der Waals surface area (Å²) in [6.07, 6.45) is 9.07. The zero-order valence-corrected chi connectivity index (χ0v) is 38.0. The van der Waals surface area contributed by atoms with Gasteiger partial charge in [0.05, 0.1) is 0 Å². The second-order valence-corrected chi connectivity index (χ2v) is 16.8. The van der Waals surface area contributed by atoms with Crippen LogP contribution in [0.25, 0.3) is 23.3 Å². The molecule has 0 fully saturated rings. The summed E-state index contributed by atoms with van der Waals surface area (Å²) in [5.41, 5.74) is 18.8. The van der Waals surface area contributed by atoms with Crippen LogP contribution in [0.4, 0.5) is 34.1 Å². The predicted octanol–water partition coefficient (Wildman–Crippen LogP) is 17.7. The highest BCUT2D eigenvalue weighted by Gasteiger charge is 2.15. The number of nitrogens with zero attached hydrogens (tertiary/aromatic N) is 2. The fraction of sp³-hybridized carbons (Fsp3) is 0.0938. The SMILES string of the molecule is CCCc1ccc(N(c2ccccc2)c2ccc(C=C(c3ccccc3)c3ccc(C(=Cc4ccc(N(c5ccccc5)c5ccc(CCC)cc5)cc4)c4ccccc4)cc3)cc2)cc1. The van der Waals surface area contributed by atoms with Crippen molar-refractivity contribution in [2.24, 2.45) is 0 Å². The van der Waals surface area contributed by atoms with E-state index in [1.165, 1.54) is 33.4 Å². The Morgan fingerprint density at radius 3 is 0.848 bits per heavy atom. The van der Waals surface area contributed by atoms with Gasteiger partial charge in [0, 0.05) is 34.1 Å². The number of anilines is 6. The minimum Gasteiger partial charge on any atom is -0.311 e. The average Bonchev–Trinajstić information content (AvgIpc) is 3.38. The molecular weight excluding hydrogens is 797 g/mol. The Bertz CT molecular complexity index is 2750. The Morgan fingerprint density at radius 1 is 0.288 bits per heavy atom. The quantitative estimate of drug-likeness (QED) is 0.0894. The van der Waals surface area contributed by atoms with E-state index in [0.29, 0.717) is 0 Å². The van der Waals surface area contributed by atoms with E-state index in [4.69, 9.17) is 0 Å². The number of aryl methyl sites for hydroxylation is 2. The molecule has 0 heterocycles. The van der Waals surface area contributed by atoms with E-state index < -0.39 is 0 Å². The Labute approximate surface area is 392 Å². The minimum atomic E-state index is 1.09. The molecule has 0 atom stereocenters. The van der Waals surface area contributed by atoms with Gasteiger partial charge in [0.1, 0.15) is 0 Å². The van der Waals surface area contributed by atoms with E-state index in [9.17, 15) is 0 Å². The zero-order chi connectivity index (χ0) is 44.9. The van der Waals surface area contributed by atoms with Crippen molar-refractivity contribution in [2.45, 2.75) is 39.5 Å². The summed E-state index contributed by atoms with van der Waals surface area (Å²) in [6.45, 7) is 4.46. The Hall–Kier alpha value is -7.94. The lowest BCUT2D eigenvalue weighted by molar-refractivity contribution is 0.922. The van der Waals surface area contributed by atoms with Gasteiger partial charge in [-0.1, -0.05) is 197 Å². The van der Waals surface area contributed by atoms with Crippen LogP contribution in [0, 0.1) is 0 Å². The average molecular weight is 853 g/mol. The third kappa shape index (κ3) is 10.4. The summed E-state index contributed by atoms with van der Waals surface area (Å²) in [6, 6.07) is 87.7. The predicted molar refractivity (Wildman–Crippen MR) is 284 cm³/mol. The van der Waals surface area contributed by atoms with Gasteiger partial charge in [0.2, 0.25) is 0 Å². The maximum Gasteiger partial charge on any atom is 0.0462 e. The largest absolute Gasteiger partial charge is 0.311 e. The third-order valence-electron chi connectivity index (χ3n) is 12.1. The molecule has 9 aromatic carbocycles. The molecule has 0 aromatic heterocycles. The topological polar surface area (TPSA) is 6.48 Å². The van der Waals surface area contributed by atoms with Crippen molar-refractivity contribution in [1.82, 2.24) is 0 Å². The molecule has 0 aliphatic rings. The number of benzene rings is 9. The molecular formula is C64H56N2. The third-order valence-corrected chi connectivity index (χ3v) is 12.1. The molecule has 0 amide bonds. The van der Waals surface area contributed by atoms with Crippen molar-refractivity contribution in [3.63, 3.8) is 0 Å². The van der Waals surface area contributed by atoms with Crippen LogP contribution >= 0.6 is 0 Å². The maximum absolute atomic E-state index is 2.33. The molecule has 0 unspecified atom stereocenters. The molecule has 2 nitrogen and oxygen atoms in total. The monoisotopic (exact) mass is 852 g/mol. The number of hydrogen-bond donors (Lipinski definition) is 0. The van der Waals surface area contributed by atoms with Gasteiger partial charge in [-0.3, -0.25) is 0 Å². The van der Waals surface area contributed by atoms with Crippen LogP contribution in [0.3, 0.4) is 0 Å². The second kappa shape index (κ2) is 21.2. The maximum atomic E-state index is 2.33. The van der Waals surface area contributed by atoms with E-state index in [2.05, 4.69) is 278 Å². The molecule has 0 saturated carbocycles. The Kier molecular flexibility index (Phi) is 13.9. The fourth-order valence-corrected chi connectivity index (χ4v) is 8.75. The normalized spacial score (nSPS) is 11.6. The van der Waals surface area contributed by atoms with Gasteiger partial charge in [0.25, 0.3) is 0 Å². The van der Waals surface area contributed by atoms with Crippen molar-refractivity contribution in [3.05, 3.63) is 287 Å². The lowest BCUT2D eigenvalue weighted by Crippen LogP contribution is -2.09. The highest BCUT2D eigenvalue weighted by atomic mass is 15.1. The smallest absolute Gasteiger partial charge is 0.0462 e. The molecule has 0 saturated heterocycles. The summed E-state index contributed by atoms with van der Waals surface area (Å²) in [5, 5.41) is 0. The molecule has 9 rings (SSSR count). The molecule has 9 aromatic rings. The van der Waals surface area contributed by atoms with Crippen LogP contribution in [0.1, 0.15) is 71.2 Å². The molecule has 322 valence electrons. The number of para-hydroxylation sites is 2. The van der Waals surface area contributed by atoms with Crippen molar-refractivity contribution in [3.8, 4) is 0 Å². The lowest BCUT2D eigenvalue weighted by Gasteiger charge is -2.25. The van der Waals surface area contributed by atoms with Crippen LogP contribution in [0.5, 0.6) is 0 Å². The summed E-state index contributed by atoms with van der Waals surface area (Å²) in [7, 11) is 0. The van der Waals surface area contributed by atoms with Gasteiger partial charge in [-0.05, 0) is 153 Å². The van der Waals surface area contributed by atoms with Crippen LogP contribution in [-0.2, 0) is 12.8 Å². The first-order valence-electron chi connectivity index (χ1n) is 23.4. The fourth-order valence-electron chi connectivity index (χ4n) is 8.75. The first kappa shape index (κ1) is 43.3. The van der Waals surface area contributed by atoms with Crippen LogP contribution < -0.4 is 9.80 Å². The summed E-state index contributed by atoms with van der Waals surface area (Å²) < 4.78 is 0. The van der Waals surface area contributed by atoms with Gasteiger partial charge in [0.15, 0.2) is 0 Å². The lowest BCUT2D eigenvalue weighted by atomic mass is 9.91. The molecule has 0 bridgehead atoms. The molecule has 2 heteroatoms. The van der Waals surface area contributed by atoms with E-state index >= 15 is 0 Å². The summed E-state index contributed by atoms with van der Waals surface area (Å²) in [4.78, 5) is 4.66. The van der Waals surface area contributed by atoms with Crippen molar-refractivity contribution in [1.29, 1.82) is 0 Å². The van der Waals surface area contributed by atoms with Gasteiger partial charge in [-0.25, -0.2) is 0 Å². The van der Waals surface area contributed by atoms with Gasteiger partial charge in [-0.2, -0.15) is 0 Å². The highest BCUT2D eigenvalue weighted by molar-refractivity contribution is 5.95. The number of rotatable bonds is 16. The van der Waals surface area contributed by atoms with Crippen LogP contribution in [0.15, 0.2) is 243 Å². The van der Waals surface area contributed by atoms with Gasteiger partial charge in [-0.15, -0.1) is 0 Å². The minimum absolute atomic E-state index is 1.09. The van der Waals surface area contributed by atoms with Crippen molar-refractivity contribution in [2.75, 3.05) is 9.80 Å². The second-order valence-electron chi connectivity index (χ2n) is 16.8. The summed E-state index contributed by atoms with van der Waals surface area (Å²) in [5.74, 6) is 0. The van der Waals surface area contributed by atoms with E-state index in [-0.39, 0.29) is 0 Å². The van der Waals surface area contributed by atoms with Gasteiger partial charge >= 0.3 is 0 Å². The van der Waals surface area contributed by atoms with E-state index in [1.807, 2.05) is 0 Å².